The van der Waals surface area contributed by atoms with E-state index in [1.165, 1.54) is 6.07 Å². The molecule has 6 heteroatoms. The van der Waals surface area contributed by atoms with Crippen molar-refractivity contribution in [2.45, 2.75) is 32.4 Å². The number of aryl methyl sites for hydroxylation is 1. The van der Waals surface area contributed by atoms with Crippen molar-refractivity contribution in [2.75, 3.05) is 20.3 Å². The molecule has 148 valence electrons. The second-order valence-corrected chi connectivity index (χ2v) is 7.03. The summed E-state index contributed by atoms with van der Waals surface area (Å²) < 4.78 is 11.2. The monoisotopic (exact) mass is 383 g/mol. The molecule has 1 saturated heterocycles. The van der Waals surface area contributed by atoms with Crippen LogP contribution in [-0.4, -0.2) is 48.2 Å². The molecule has 1 amide bonds. The highest BCUT2D eigenvalue weighted by molar-refractivity contribution is 5.97. The normalized spacial score (nSPS) is 16.0. The van der Waals surface area contributed by atoms with Crippen molar-refractivity contribution in [2.24, 2.45) is 0 Å². The summed E-state index contributed by atoms with van der Waals surface area (Å²) in [6.07, 6.45) is 1.88. The van der Waals surface area contributed by atoms with Crippen molar-refractivity contribution in [1.82, 2.24) is 4.90 Å². The largest absolute Gasteiger partial charge is 0.496 e. The Balaban J connectivity index is 1.91. The number of aromatic carboxylic acids is 1. The van der Waals surface area contributed by atoms with Gasteiger partial charge in [0.05, 0.1) is 18.8 Å². The van der Waals surface area contributed by atoms with Crippen molar-refractivity contribution in [3.63, 3.8) is 0 Å². The first kappa shape index (κ1) is 19.9. The number of ether oxygens (including phenoxy) is 2. The second-order valence-electron chi connectivity index (χ2n) is 7.03. The molecule has 0 aliphatic carbocycles. The average Bonchev–Trinajstić information content (AvgIpc) is 3.20. The van der Waals surface area contributed by atoms with Crippen LogP contribution in [0.2, 0.25) is 0 Å². The van der Waals surface area contributed by atoms with Gasteiger partial charge in [-0.3, -0.25) is 4.79 Å². The average molecular weight is 383 g/mol. The highest BCUT2D eigenvalue weighted by Crippen LogP contribution is 2.23. The number of carboxylic acid groups (broad SMARTS) is 1. The van der Waals surface area contributed by atoms with E-state index in [4.69, 9.17) is 9.47 Å². The van der Waals surface area contributed by atoms with Crippen LogP contribution in [-0.2, 0) is 11.3 Å². The van der Waals surface area contributed by atoms with Gasteiger partial charge in [-0.15, -0.1) is 0 Å². The van der Waals surface area contributed by atoms with Gasteiger partial charge in [0.1, 0.15) is 5.75 Å². The van der Waals surface area contributed by atoms with E-state index >= 15 is 0 Å². The maximum atomic E-state index is 13.3. The summed E-state index contributed by atoms with van der Waals surface area (Å²) in [4.78, 5) is 26.4. The Morgan fingerprint density at radius 2 is 1.96 bits per heavy atom. The number of rotatable bonds is 7. The molecule has 1 fully saturated rings. The van der Waals surface area contributed by atoms with Crippen LogP contribution in [0.4, 0.5) is 0 Å². The molecule has 28 heavy (non-hydrogen) atoms. The first-order chi connectivity index (χ1) is 13.5. The van der Waals surface area contributed by atoms with Crippen LogP contribution in [0.15, 0.2) is 42.5 Å². The third-order valence-electron chi connectivity index (χ3n) is 4.86. The standard InChI is InChI=1S/C22H25NO5/c1-15-10-17(12-18(11-15)22(25)26)21(24)23(14-19-7-5-9-28-19)13-16-6-3-4-8-20(16)27-2/h3-4,6,8,10-12,19H,5,7,9,13-14H2,1-2H3,(H,25,26). The third-order valence-corrected chi connectivity index (χ3v) is 4.86. The predicted molar refractivity (Wildman–Crippen MR) is 105 cm³/mol. The minimum absolute atomic E-state index is 0.0117. The lowest BCUT2D eigenvalue weighted by Crippen LogP contribution is -2.37. The number of para-hydroxylation sites is 1. The van der Waals surface area contributed by atoms with Crippen molar-refractivity contribution < 1.29 is 24.2 Å². The van der Waals surface area contributed by atoms with Gasteiger partial charge in [0.2, 0.25) is 0 Å². The summed E-state index contributed by atoms with van der Waals surface area (Å²) in [6.45, 7) is 3.30. The summed E-state index contributed by atoms with van der Waals surface area (Å²) in [7, 11) is 1.60. The number of carbonyl (C=O) groups excluding carboxylic acids is 1. The van der Waals surface area contributed by atoms with E-state index in [0.717, 1.165) is 24.0 Å². The minimum Gasteiger partial charge on any atom is -0.496 e. The van der Waals surface area contributed by atoms with E-state index in [1.54, 1.807) is 31.1 Å². The summed E-state index contributed by atoms with van der Waals surface area (Å²) in [5.74, 6) is -0.552. The number of methoxy groups -OCH3 is 1. The van der Waals surface area contributed by atoms with Gasteiger partial charge in [-0.05, 0) is 49.6 Å². The topological polar surface area (TPSA) is 76.1 Å². The maximum Gasteiger partial charge on any atom is 0.335 e. The molecule has 1 unspecified atom stereocenters. The molecule has 0 radical (unpaired) electrons. The predicted octanol–water partition coefficient (Wildman–Crippen LogP) is 3.52. The van der Waals surface area contributed by atoms with E-state index in [1.807, 2.05) is 24.3 Å². The molecule has 2 aromatic carbocycles. The Morgan fingerprint density at radius 1 is 1.21 bits per heavy atom. The van der Waals surface area contributed by atoms with Crippen LogP contribution in [0.5, 0.6) is 5.75 Å². The second kappa shape index (κ2) is 8.89. The lowest BCUT2D eigenvalue weighted by atomic mass is 10.0. The van der Waals surface area contributed by atoms with Crippen LogP contribution in [0.1, 0.15) is 44.7 Å². The minimum atomic E-state index is -1.05. The molecule has 1 aliphatic rings. The Kier molecular flexibility index (Phi) is 6.31. The Labute approximate surface area is 164 Å². The number of hydrogen-bond donors (Lipinski definition) is 1. The molecule has 0 aromatic heterocycles. The van der Waals surface area contributed by atoms with Crippen molar-refractivity contribution in [3.05, 3.63) is 64.7 Å². The first-order valence-corrected chi connectivity index (χ1v) is 9.35. The van der Waals surface area contributed by atoms with E-state index in [9.17, 15) is 14.7 Å². The molecule has 6 nitrogen and oxygen atoms in total. The molecular formula is C22H25NO5. The summed E-state index contributed by atoms with van der Waals surface area (Å²) in [6, 6.07) is 12.3. The zero-order valence-corrected chi connectivity index (χ0v) is 16.2. The highest BCUT2D eigenvalue weighted by Gasteiger charge is 2.25. The molecule has 1 N–H and O–H groups in total. The molecule has 2 aromatic rings. The fourth-order valence-electron chi connectivity index (χ4n) is 3.51. The molecule has 3 rings (SSSR count). The highest BCUT2D eigenvalue weighted by atomic mass is 16.5. The van der Waals surface area contributed by atoms with Crippen molar-refractivity contribution >= 4 is 11.9 Å². The third kappa shape index (κ3) is 4.70. The van der Waals surface area contributed by atoms with Crippen molar-refractivity contribution in [1.29, 1.82) is 0 Å². The van der Waals surface area contributed by atoms with E-state index < -0.39 is 5.97 Å². The number of benzene rings is 2. The van der Waals surface area contributed by atoms with Gasteiger partial charge in [0, 0.05) is 30.8 Å². The molecule has 1 aliphatic heterocycles. The molecule has 0 bridgehead atoms. The summed E-state index contributed by atoms with van der Waals surface area (Å²) >= 11 is 0. The van der Waals surface area contributed by atoms with Crippen LogP contribution < -0.4 is 4.74 Å². The van der Waals surface area contributed by atoms with Crippen LogP contribution in [0.3, 0.4) is 0 Å². The smallest absolute Gasteiger partial charge is 0.335 e. The Morgan fingerprint density at radius 3 is 2.64 bits per heavy atom. The summed E-state index contributed by atoms with van der Waals surface area (Å²) in [5, 5.41) is 9.33. The van der Waals surface area contributed by atoms with Gasteiger partial charge in [0.25, 0.3) is 5.91 Å². The molecular weight excluding hydrogens is 358 g/mol. The van der Waals surface area contributed by atoms with Gasteiger partial charge < -0.3 is 19.5 Å². The van der Waals surface area contributed by atoms with Crippen molar-refractivity contribution in [3.8, 4) is 5.75 Å². The number of carboxylic acids is 1. The van der Waals surface area contributed by atoms with E-state index in [0.29, 0.717) is 31.0 Å². The van der Waals surface area contributed by atoms with Gasteiger partial charge in [0.15, 0.2) is 0 Å². The lowest BCUT2D eigenvalue weighted by molar-refractivity contribution is 0.0505. The zero-order chi connectivity index (χ0) is 20.1. The fraction of sp³-hybridized carbons (Fsp3) is 0.364. The number of amides is 1. The maximum absolute atomic E-state index is 13.3. The molecule has 1 atom stereocenters. The Hall–Kier alpha value is -2.86. The van der Waals surface area contributed by atoms with Gasteiger partial charge >= 0.3 is 5.97 Å². The SMILES string of the molecule is COc1ccccc1CN(CC1CCCO1)C(=O)c1cc(C)cc(C(=O)O)c1. The van der Waals surface area contributed by atoms with E-state index in [-0.39, 0.29) is 17.6 Å². The van der Waals surface area contributed by atoms with Crippen LogP contribution in [0, 0.1) is 6.92 Å². The fourth-order valence-corrected chi connectivity index (χ4v) is 3.51. The van der Waals surface area contributed by atoms with Gasteiger partial charge in [-0.25, -0.2) is 4.79 Å². The quantitative estimate of drug-likeness (QED) is 0.792. The first-order valence-electron chi connectivity index (χ1n) is 9.35. The molecule has 0 spiro atoms. The summed E-state index contributed by atoms with van der Waals surface area (Å²) in [5.41, 5.74) is 2.10. The zero-order valence-electron chi connectivity index (χ0n) is 16.2. The molecule has 0 saturated carbocycles. The van der Waals surface area contributed by atoms with Crippen LogP contribution >= 0.6 is 0 Å². The van der Waals surface area contributed by atoms with Gasteiger partial charge in [-0.1, -0.05) is 18.2 Å². The molecule has 1 heterocycles. The van der Waals surface area contributed by atoms with Crippen LogP contribution in [0.25, 0.3) is 0 Å². The Bertz CT molecular complexity index is 858. The van der Waals surface area contributed by atoms with E-state index in [2.05, 4.69) is 0 Å². The van der Waals surface area contributed by atoms with Gasteiger partial charge in [-0.2, -0.15) is 0 Å². The number of hydrogen-bond acceptors (Lipinski definition) is 4. The number of nitrogens with zero attached hydrogens (tertiary/aromatic N) is 1. The number of carbonyl (C=O) groups is 2. The lowest BCUT2D eigenvalue weighted by Gasteiger charge is -2.26.